The molecule has 0 radical (unpaired) electrons. The Morgan fingerprint density at radius 2 is 2.26 bits per heavy atom. The second-order valence-electron chi connectivity index (χ2n) is 4.63. The van der Waals surface area contributed by atoms with Crippen molar-refractivity contribution in [2.24, 2.45) is 0 Å². The van der Waals surface area contributed by atoms with E-state index in [0.717, 1.165) is 18.6 Å². The Morgan fingerprint density at radius 3 is 2.95 bits per heavy atom. The van der Waals surface area contributed by atoms with Crippen molar-refractivity contribution in [2.45, 2.75) is 39.2 Å². The predicted octanol–water partition coefficient (Wildman–Crippen LogP) is 1.90. The van der Waals surface area contributed by atoms with Crippen molar-refractivity contribution in [3.63, 3.8) is 0 Å². The molecule has 1 unspecified atom stereocenters. The predicted molar refractivity (Wildman–Crippen MR) is 75.2 cm³/mol. The monoisotopic (exact) mass is 265 g/mol. The summed E-state index contributed by atoms with van der Waals surface area (Å²) < 4.78 is 5.43. The second kappa shape index (κ2) is 8.53. The summed E-state index contributed by atoms with van der Waals surface area (Å²) in [5, 5.41) is 11.8. The highest BCUT2D eigenvalue weighted by Gasteiger charge is 2.03. The van der Waals surface area contributed by atoms with Crippen LogP contribution in [0.1, 0.15) is 32.3 Å². The molecule has 1 aromatic rings. The average Bonchev–Trinajstić information content (AvgIpc) is 2.41. The lowest BCUT2D eigenvalue weighted by atomic mass is 10.2. The number of nitrogens with one attached hydrogen (secondary N) is 1. The van der Waals surface area contributed by atoms with Gasteiger partial charge in [-0.3, -0.25) is 4.79 Å². The Bertz CT molecular complexity index is 391. The number of carbonyl (C=O) groups is 1. The van der Waals surface area contributed by atoms with Crippen LogP contribution in [0.4, 0.5) is 0 Å². The molecule has 0 aliphatic carbocycles. The first kappa shape index (κ1) is 15.5. The van der Waals surface area contributed by atoms with Gasteiger partial charge in [-0.15, -0.1) is 0 Å². The summed E-state index contributed by atoms with van der Waals surface area (Å²) >= 11 is 0. The van der Waals surface area contributed by atoms with Gasteiger partial charge in [-0.2, -0.15) is 0 Å². The molecule has 0 spiro atoms. The van der Waals surface area contributed by atoms with Crippen molar-refractivity contribution in [3.05, 3.63) is 29.8 Å². The first-order valence-corrected chi connectivity index (χ1v) is 6.78. The zero-order valence-corrected chi connectivity index (χ0v) is 11.7. The van der Waals surface area contributed by atoms with Gasteiger partial charge in [0.15, 0.2) is 6.61 Å². The van der Waals surface area contributed by atoms with Gasteiger partial charge in [-0.05, 0) is 43.9 Å². The summed E-state index contributed by atoms with van der Waals surface area (Å²) in [5.41, 5.74) is 1.19. The number of aryl methyl sites for hydroxylation is 1. The summed E-state index contributed by atoms with van der Waals surface area (Å²) in [6, 6.07) is 7.75. The Kier molecular flexibility index (Phi) is 6.97. The standard InChI is InChI=1S/C15H23NO3/c1-3-13-7-4-8-14(10-13)19-11-15(18)16-9-5-6-12(2)17/h4,7-8,10,12,17H,3,5-6,9,11H2,1-2H3,(H,16,18). The first-order valence-electron chi connectivity index (χ1n) is 6.78. The number of aliphatic hydroxyl groups is 1. The number of amides is 1. The van der Waals surface area contributed by atoms with Gasteiger partial charge in [0, 0.05) is 6.54 Å². The van der Waals surface area contributed by atoms with Crippen molar-refractivity contribution >= 4 is 5.91 Å². The average molecular weight is 265 g/mol. The third-order valence-electron chi connectivity index (χ3n) is 2.80. The molecule has 19 heavy (non-hydrogen) atoms. The van der Waals surface area contributed by atoms with Crippen molar-refractivity contribution < 1.29 is 14.6 Å². The number of ether oxygens (including phenoxy) is 1. The lowest BCUT2D eigenvalue weighted by Crippen LogP contribution is -2.30. The van der Waals surface area contributed by atoms with E-state index in [2.05, 4.69) is 12.2 Å². The van der Waals surface area contributed by atoms with Gasteiger partial charge in [-0.25, -0.2) is 0 Å². The molecule has 1 amide bonds. The molecule has 4 nitrogen and oxygen atoms in total. The van der Waals surface area contributed by atoms with Crippen molar-refractivity contribution in [2.75, 3.05) is 13.2 Å². The van der Waals surface area contributed by atoms with Crippen LogP contribution in [0.2, 0.25) is 0 Å². The van der Waals surface area contributed by atoms with Gasteiger partial charge in [-0.1, -0.05) is 19.1 Å². The molecule has 0 aromatic heterocycles. The summed E-state index contributed by atoms with van der Waals surface area (Å²) in [6.07, 6.45) is 2.10. The molecule has 1 aromatic carbocycles. The van der Waals surface area contributed by atoms with Crippen LogP contribution in [0.5, 0.6) is 5.75 Å². The van der Waals surface area contributed by atoms with Crippen molar-refractivity contribution in [1.29, 1.82) is 0 Å². The number of carbonyl (C=O) groups excluding carboxylic acids is 1. The van der Waals surface area contributed by atoms with Crippen LogP contribution in [0.15, 0.2) is 24.3 Å². The molecule has 4 heteroatoms. The lowest BCUT2D eigenvalue weighted by Gasteiger charge is -2.09. The normalized spacial score (nSPS) is 11.9. The van der Waals surface area contributed by atoms with E-state index in [-0.39, 0.29) is 18.6 Å². The third-order valence-corrected chi connectivity index (χ3v) is 2.80. The van der Waals surface area contributed by atoms with Crippen LogP contribution in [-0.4, -0.2) is 30.3 Å². The van der Waals surface area contributed by atoms with E-state index in [9.17, 15) is 4.79 Å². The molecule has 1 rings (SSSR count). The molecular weight excluding hydrogens is 242 g/mol. The van der Waals surface area contributed by atoms with Crippen LogP contribution >= 0.6 is 0 Å². The Morgan fingerprint density at radius 1 is 1.47 bits per heavy atom. The van der Waals surface area contributed by atoms with Crippen molar-refractivity contribution in [1.82, 2.24) is 5.32 Å². The fourth-order valence-electron chi connectivity index (χ4n) is 1.68. The Hall–Kier alpha value is -1.55. The fraction of sp³-hybridized carbons (Fsp3) is 0.533. The smallest absolute Gasteiger partial charge is 0.257 e. The Balaban J connectivity index is 2.22. The van der Waals surface area contributed by atoms with E-state index >= 15 is 0 Å². The van der Waals surface area contributed by atoms with Gasteiger partial charge in [0.2, 0.25) is 0 Å². The SMILES string of the molecule is CCc1cccc(OCC(=O)NCCCC(C)O)c1. The number of hydrogen-bond donors (Lipinski definition) is 2. The Labute approximate surface area is 114 Å². The summed E-state index contributed by atoms with van der Waals surface area (Å²) in [4.78, 5) is 11.5. The van der Waals surface area contributed by atoms with E-state index < -0.39 is 0 Å². The molecule has 0 aliphatic heterocycles. The summed E-state index contributed by atoms with van der Waals surface area (Å²) in [7, 11) is 0. The van der Waals surface area contributed by atoms with E-state index in [1.807, 2.05) is 24.3 Å². The van der Waals surface area contributed by atoms with Crippen LogP contribution in [0.25, 0.3) is 0 Å². The highest BCUT2D eigenvalue weighted by Crippen LogP contribution is 2.13. The van der Waals surface area contributed by atoms with Crippen LogP contribution < -0.4 is 10.1 Å². The second-order valence-corrected chi connectivity index (χ2v) is 4.63. The fourth-order valence-corrected chi connectivity index (χ4v) is 1.68. The minimum Gasteiger partial charge on any atom is -0.484 e. The minimum absolute atomic E-state index is 0.0296. The highest BCUT2D eigenvalue weighted by atomic mass is 16.5. The van der Waals surface area contributed by atoms with Gasteiger partial charge in [0.1, 0.15) is 5.75 Å². The number of rotatable bonds is 8. The molecule has 0 saturated carbocycles. The number of aliphatic hydroxyl groups excluding tert-OH is 1. The maximum absolute atomic E-state index is 11.5. The zero-order valence-electron chi connectivity index (χ0n) is 11.7. The quantitative estimate of drug-likeness (QED) is 0.706. The molecular formula is C15H23NO3. The molecule has 1 atom stereocenters. The lowest BCUT2D eigenvalue weighted by molar-refractivity contribution is -0.123. The molecule has 0 bridgehead atoms. The van der Waals surface area contributed by atoms with E-state index in [0.29, 0.717) is 13.0 Å². The molecule has 0 heterocycles. The van der Waals surface area contributed by atoms with Crippen LogP contribution in [0, 0.1) is 0 Å². The van der Waals surface area contributed by atoms with E-state index in [1.165, 1.54) is 5.56 Å². The van der Waals surface area contributed by atoms with Gasteiger partial charge < -0.3 is 15.2 Å². The summed E-state index contributed by atoms with van der Waals surface area (Å²) in [6.45, 7) is 4.42. The van der Waals surface area contributed by atoms with Crippen LogP contribution in [0.3, 0.4) is 0 Å². The molecule has 0 saturated heterocycles. The van der Waals surface area contributed by atoms with Crippen LogP contribution in [-0.2, 0) is 11.2 Å². The summed E-state index contributed by atoms with van der Waals surface area (Å²) in [5.74, 6) is 0.589. The largest absolute Gasteiger partial charge is 0.484 e. The van der Waals surface area contributed by atoms with E-state index in [4.69, 9.17) is 9.84 Å². The molecule has 0 aliphatic rings. The van der Waals surface area contributed by atoms with Gasteiger partial charge in [0.05, 0.1) is 6.10 Å². The number of hydrogen-bond acceptors (Lipinski definition) is 3. The van der Waals surface area contributed by atoms with Gasteiger partial charge >= 0.3 is 0 Å². The molecule has 0 fully saturated rings. The van der Waals surface area contributed by atoms with E-state index in [1.54, 1.807) is 6.92 Å². The zero-order chi connectivity index (χ0) is 14.1. The third kappa shape index (κ3) is 6.82. The first-order chi connectivity index (χ1) is 9.11. The molecule has 2 N–H and O–H groups in total. The van der Waals surface area contributed by atoms with Gasteiger partial charge in [0.25, 0.3) is 5.91 Å². The maximum atomic E-state index is 11.5. The topological polar surface area (TPSA) is 58.6 Å². The highest BCUT2D eigenvalue weighted by molar-refractivity contribution is 5.77. The number of benzene rings is 1. The maximum Gasteiger partial charge on any atom is 0.257 e. The molecule has 106 valence electrons. The van der Waals surface area contributed by atoms with Crippen molar-refractivity contribution in [3.8, 4) is 5.75 Å². The minimum atomic E-state index is -0.315.